The summed E-state index contributed by atoms with van der Waals surface area (Å²) >= 11 is 0. The van der Waals surface area contributed by atoms with Gasteiger partial charge in [0, 0.05) is 18.9 Å². The number of ether oxygens (including phenoxy) is 1. The Morgan fingerprint density at radius 2 is 2.24 bits per heavy atom. The summed E-state index contributed by atoms with van der Waals surface area (Å²) in [4.78, 5) is 19.5. The topological polar surface area (TPSA) is 59.4 Å². The molecule has 2 heterocycles. The summed E-state index contributed by atoms with van der Waals surface area (Å²) in [6.07, 6.45) is 0. The lowest BCUT2D eigenvalue weighted by atomic mass is 10.3. The van der Waals surface area contributed by atoms with E-state index in [1.54, 1.807) is 11.5 Å². The number of imidazole rings is 1. The van der Waals surface area contributed by atoms with Gasteiger partial charge in [-0.15, -0.1) is 0 Å². The number of rotatable bonds is 2. The van der Waals surface area contributed by atoms with Crippen molar-refractivity contribution in [3.05, 3.63) is 46.4 Å². The number of methoxy groups -OCH3 is 1. The molecule has 17 heavy (non-hydrogen) atoms. The zero-order valence-electron chi connectivity index (χ0n) is 9.30. The Kier molecular flexibility index (Phi) is 2.19. The van der Waals surface area contributed by atoms with Gasteiger partial charge in [-0.1, -0.05) is 12.1 Å². The third-order valence-corrected chi connectivity index (χ3v) is 2.65. The fraction of sp³-hybridized carbons (Fsp3) is 0.167. The smallest absolute Gasteiger partial charge is 0.259 e. The number of benzene rings is 1. The van der Waals surface area contributed by atoms with Crippen molar-refractivity contribution in [2.24, 2.45) is 0 Å². The summed E-state index contributed by atoms with van der Waals surface area (Å²) in [6, 6.07) is 9.07. The van der Waals surface area contributed by atoms with E-state index in [0.29, 0.717) is 12.4 Å². The Morgan fingerprint density at radius 3 is 3.06 bits per heavy atom. The molecule has 0 fully saturated rings. The van der Waals surface area contributed by atoms with Gasteiger partial charge >= 0.3 is 0 Å². The number of para-hydroxylation sites is 2. The van der Waals surface area contributed by atoms with Crippen LogP contribution in [-0.4, -0.2) is 21.5 Å². The first-order valence-electron chi connectivity index (χ1n) is 5.28. The van der Waals surface area contributed by atoms with Crippen LogP contribution < -0.4 is 5.56 Å². The van der Waals surface area contributed by atoms with Gasteiger partial charge in [-0.2, -0.15) is 0 Å². The van der Waals surface area contributed by atoms with E-state index >= 15 is 0 Å². The largest absolute Gasteiger partial charge is 0.378 e. The van der Waals surface area contributed by atoms with Crippen LogP contribution in [0.4, 0.5) is 0 Å². The van der Waals surface area contributed by atoms with Crippen LogP contribution in [0.15, 0.2) is 35.1 Å². The molecule has 5 nitrogen and oxygen atoms in total. The summed E-state index contributed by atoms with van der Waals surface area (Å²) in [5.41, 5.74) is 2.24. The monoisotopic (exact) mass is 229 g/mol. The molecule has 0 atom stereocenters. The van der Waals surface area contributed by atoms with Crippen molar-refractivity contribution in [2.75, 3.05) is 7.11 Å². The number of nitrogens with one attached hydrogen (secondary N) is 1. The van der Waals surface area contributed by atoms with Gasteiger partial charge in [0.15, 0.2) is 0 Å². The van der Waals surface area contributed by atoms with Crippen molar-refractivity contribution in [2.45, 2.75) is 6.61 Å². The van der Waals surface area contributed by atoms with E-state index in [4.69, 9.17) is 4.74 Å². The molecule has 1 aromatic carbocycles. The van der Waals surface area contributed by atoms with E-state index in [-0.39, 0.29) is 5.56 Å². The summed E-state index contributed by atoms with van der Waals surface area (Å²) in [5.74, 6) is 0.547. The molecule has 2 aromatic heterocycles. The molecule has 86 valence electrons. The van der Waals surface area contributed by atoms with Crippen LogP contribution >= 0.6 is 0 Å². The number of nitrogens with zero attached hydrogens (tertiary/aromatic N) is 2. The molecule has 1 N–H and O–H groups in total. The molecule has 0 bridgehead atoms. The van der Waals surface area contributed by atoms with Gasteiger partial charge in [-0.3, -0.25) is 4.79 Å². The van der Waals surface area contributed by atoms with E-state index in [2.05, 4.69) is 9.97 Å². The van der Waals surface area contributed by atoms with Crippen LogP contribution in [0.2, 0.25) is 0 Å². The van der Waals surface area contributed by atoms with Gasteiger partial charge in [0.1, 0.15) is 0 Å². The number of H-pyrrole nitrogens is 1. The molecule has 5 heteroatoms. The van der Waals surface area contributed by atoms with E-state index in [9.17, 15) is 4.79 Å². The Labute approximate surface area is 96.7 Å². The fourth-order valence-electron chi connectivity index (χ4n) is 1.96. The normalized spacial score (nSPS) is 11.4. The maximum absolute atomic E-state index is 12.0. The molecule has 0 radical (unpaired) electrons. The van der Waals surface area contributed by atoms with Crippen LogP contribution in [0, 0.1) is 0 Å². The maximum atomic E-state index is 12.0. The van der Waals surface area contributed by atoms with Gasteiger partial charge in [0.25, 0.3) is 5.56 Å². The van der Waals surface area contributed by atoms with E-state index in [1.165, 1.54) is 6.07 Å². The Morgan fingerprint density at radius 1 is 1.41 bits per heavy atom. The van der Waals surface area contributed by atoms with Crippen molar-refractivity contribution >= 4 is 16.8 Å². The highest BCUT2D eigenvalue weighted by molar-refractivity contribution is 5.79. The van der Waals surface area contributed by atoms with Crippen molar-refractivity contribution in [1.29, 1.82) is 0 Å². The molecule has 3 rings (SSSR count). The van der Waals surface area contributed by atoms with Gasteiger partial charge < -0.3 is 9.72 Å². The Hall–Kier alpha value is -2.14. The van der Waals surface area contributed by atoms with Crippen LogP contribution in [0.3, 0.4) is 0 Å². The van der Waals surface area contributed by atoms with Crippen molar-refractivity contribution in [1.82, 2.24) is 14.4 Å². The first kappa shape index (κ1) is 10.0. The average molecular weight is 229 g/mol. The minimum Gasteiger partial charge on any atom is -0.378 e. The Balaban J connectivity index is 2.40. The number of hydrogen-bond acceptors (Lipinski definition) is 3. The van der Waals surface area contributed by atoms with Crippen LogP contribution in [-0.2, 0) is 11.3 Å². The van der Waals surface area contributed by atoms with Gasteiger partial charge in [-0.05, 0) is 12.1 Å². The molecule has 0 spiro atoms. The molecule has 0 saturated heterocycles. The average Bonchev–Trinajstić information content (AvgIpc) is 2.67. The first-order valence-corrected chi connectivity index (χ1v) is 5.28. The molecule has 0 amide bonds. The second-order valence-corrected chi connectivity index (χ2v) is 3.83. The zero-order valence-corrected chi connectivity index (χ0v) is 9.30. The lowest BCUT2D eigenvalue weighted by molar-refractivity contribution is 0.181. The highest BCUT2D eigenvalue weighted by Crippen LogP contribution is 2.12. The van der Waals surface area contributed by atoms with Crippen LogP contribution in [0.25, 0.3) is 16.8 Å². The molecular formula is C12H11N3O2. The van der Waals surface area contributed by atoms with Gasteiger partial charge in [0.05, 0.1) is 17.6 Å². The van der Waals surface area contributed by atoms with Crippen LogP contribution in [0.1, 0.15) is 5.69 Å². The second kappa shape index (κ2) is 3.71. The number of aromatic amines is 1. The number of fused-ring (bicyclic) bond motifs is 3. The quantitative estimate of drug-likeness (QED) is 0.721. The summed E-state index contributed by atoms with van der Waals surface area (Å²) < 4.78 is 6.56. The molecule has 3 aromatic rings. The lowest BCUT2D eigenvalue weighted by Gasteiger charge is -2.00. The summed E-state index contributed by atoms with van der Waals surface area (Å²) in [6.45, 7) is 0.370. The predicted octanol–water partition coefficient (Wildman–Crippen LogP) is 1.32. The third-order valence-electron chi connectivity index (χ3n) is 2.65. The molecular weight excluding hydrogens is 218 g/mol. The minimum absolute atomic E-state index is 0.0977. The summed E-state index contributed by atoms with van der Waals surface area (Å²) in [7, 11) is 1.59. The van der Waals surface area contributed by atoms with Gasteiger partial charge in [0.2, 0.25) is 5.78 Å². The van der Waals surface area contributed by atoms with E-state index in [1.807, 2.05) is 24.3 Å². The molecule has 0 saturated carbocycles. The molecule has 0 aliphatic heterocycles. The summed E-state index contributed by atoms with van der Waals surface area (Å²) in [5, 5.41) is 0. The number of aromatic nitrogens is 3. The van der Waals surface area contributed by atoms with Gasteiger partial charge in [-0.25, -0.2) is 9.38 Å². The molecule has 0 aliphatic rings. The van der Waals surface area contributed by atoms with Crippen molar-refractivity contribution in [3.8, 4) is 0 Å². The lowest BCUT2D eigenvalue weighted by Crippen LogP contribution is -2.14. The Bertz CT molecular complexity index is 742. The highest BCUT2D eigenvalue weighted by atomic mass is 16.5. The van der Waals surface area contributed by atoms with Crippen molar-refractivity contribution in [3.63, 3.8) is 0 Å². The maximum Gasteiger partial charge on any atom is 0.259 e. The fourth-order valence-corrected chi connectivity index (χ4v) is 1.96. The van der Waals surface area contributed by atoms with Crippen LogP contribution in [0.5, 0.6) is 0 Å². The van der Waals surface area contributed by atoms with E-state index in [0.717, 1.165) is 16.7 Å². The number of hydrogen-bond donors (Lipinski definition) is 1. The molecule has 0 unspecified atom stereocenters. The predicted molar refractivity (Wildman–Crippen MR) is 64.0 cm³/mol. The standard InChI is InChI=1S/C12H11N3O2/c1-17-7-8-6-11(16)15-10-5-3-2-4-9(10)14-12(15)13-8/h2-6H,7H2,1H3,(H,13,14). The van der Waals surface area contributed by atoms with E-state index < -0.39 is 0 Å². The van der Waals surface area contributed by atoms with Crippen molar-refractivity contribution < 1.29 is 4.74 Å². The second-order valence-electron chi connectivity index (χ2n) is 3.83. The molecule has 0 aliphatic carbocycles. The highest BCUT2D eigenvalue weighted by Gasteiger charge is 2.07. The zero-order chi connectivity index (χ0) is 11.8. The minimum atomic E-state index is -0.0977. The first-order chi connectivity index (χ1) is 8.29. The third kappa shape index (κ3) is 1.52. The SMILES string of the molecule is COCc1cc(=O)n2c(nc3ccccc32)[nH]1.